The lowest BCUT2D eigenvalue weighted by Crippen LogP contribution is -2.30. The lowest BCUT2D eigenvalue weighted by atomic mass is 10.1. The fraction of sp³-hybridized carbons (Fsp3) is 0.391. The number of anilines is 1. The molecule has 3 heterocycles. The van der Waals surface area contributed by atoms with E-state index in [2.05, 4.69) is 25.2 Å². The summed E-state index contributed by atoms with van der Waals surface area (Å²) in [4.78, 5) is 27.6. The van der Waals surface area contributed by atoms with Gasteiger partial charge in [0.25, 0.3) is 5.91 Å². The second kappa shape index (κ2) is 10.1. The van der Waals surface area contributed by atoms with Gasteiger partial charge >= 0.3 is 0 Å². The van der Waals surface area contributed by atoms with Crippen LogP contribution in [0.4, 0.5) is 5.82 Å². The van der Waals surface area contributed by atoms with Crippen LogP contribution in [0.3, 0.4) is 0 Å². The maximum atomic E-state index is 12.4. The zero-order valence-corrected chi connectivity index (χ0v) is 17.8. The molecule has 2 aromatic heterocycles. The molecule has 1 fully saturated rings. The number of rotatable bonds is 8. The molecule has 1 aliphatic heterocycles. The Morgan fingerprint density at radius 2 is 1.94 bits per heavy atom. The SMILES string of the molecule is Cc1nc(OCCNC(=O)c2ccc(Cn3ccnc3)cc2)cc(N2CCCCC2)n1. The van der Waals surface area contributed by atoms with Gasteiger partial charge in [0.2, 0.25) is 5.88 Å². The number of benzene rings is 1. The highest BCUT2D eigenvalue weighted by Gasteiger charge is 2.14. The van der Waals surface area contributed by atoms with E-state index in [0.29, 0.717) is 30.4 Å². The van der Waals surface area contributed by atoms with E-state index in [1.165, 1.54) is 19.3 Å². The molecule has 0 atom stereocenters. The summed E-state index contributed by atoms with van der Waals surface area (Å²) in [7, 11) is 0. The van der Waals surface area contributed by atoms with Crippen molar-refractivity contribution in [3.05, 3.63) is 66.0 Å². The molecule has 1 amide bonds. The second-order valence-electron chi connectivity index (χ2n) is 7.70. The van der Waals surface area contributed by atoms with E-state index in [9.17, 15) is 4.79 Å². The lowest BCUT2D eigenvalue weighted by Gasteiger charge is -2.28. The topological polar surface area (TPSA) is 85.2 Å². The summed E-state index contributed by atoms with van der Waals surface area (Å²) in [5.41, 5.74) is 1.74. The molecular weight excluding hydrogens is 392 g/mol. The fourth-order valence-corrected chi connectivity index (χ4v) is 3.66. The molecule has 1 saturated heterocycles. The third-order valence-corrected chi connectivity index (χ3v) is 5.26. The summed E-state index contributed by atoms with van der Waals surface area (Å²) in [6.07, 6.45) is 9.09. The Bertz CT molecular complexity index is 982. The quantitative estimate of drug-likeness (QED) is 0.564. The largest absolute Gasteiger partial charge is 0.476 e. The van der Waals surface area contributed by atoms with Gasteiger partial charge in [0.15, 0.2) is 0 Å². The fourth-order valence-electron chi connectivity index (χ4n) is 3.66. The number of carbonyl (C=O) groups is 1. The molecule has 0 unspecified atom stereocenters. The Labute approximate surface area is 182 Å². The van der Waals surface area contributed by atoms with Crippen molar-refractivity contribution in [2.75, 3.05) is 31.1 Å². The van der Waals surface area contributed by atoms with Gasteiger partial charge in [-0.3, -0.25) is 4.79 Å². The number of hydrogen-bond donors (Lipinski definition) is 1. The van der Waals surface area contributed by atoms with E-state index in [1.54, 1.807) is 12.5 Å². The second-order valence-corrected chi connectivity index (χ2v) is 7.70. The summed E-state index contributed by atoms with van der Waals surface area (Å²) in [6.45, 7) is 5.39. The predicted molar refractivity (Wildman–Crippen MR) is 118 cm³/mol. The van der Waals surface area contributed by atoms with Crippen LogP contribution >= 0.6 is 0 Å². The molecule has 4 rings (SSSR count). The average molecular weight is 421 g/mol. The summed E-state index contributed by atoms with van der Waals surface area (Å²) in [5, 5.41) is 2.89. The molecule has 1 aliphatic rings. The van der Waals surface area contributed by atoms with Gasteiger partial charge in [-0.1, -0.05) is 12.1 Å². The summed E-state index contributed by atoms with van der Waals surface area (Å²) in [5.74, 6) is 2.04. The van der Waals surface area contributed by atoms with Gasteiger partial charge in [-0.25, -0.2) is 9.97 Å². The van der Waals surface area contributed by atoms with Crippen LogP contribution in [0.15, 0.2) is 49.1 Å². The van der Waals surface area contributed by atoms with Crippen molar-refractivity contribution >= 4 is 11.7 Å². The summed E-state index contributed by atoms with van der Waals surface area (Å²) in [6, 6.07) is 9.47. The Hall–Kier alpha value is -3.42. The molecule has 8 heteroatoms. The number of nitrogens with zero attached hydrogens (tertiary/aromatic N) is 5. The highest BCUT2D eigenvalue weighted by atomic mass is 16.5. The van der Waals surface area contributed by atoms with Gasteiger partial charge in [0.05, 0.1) is 12.9 Å². The van der Waals surface area contributed by atoms with Gasteiger partial charge in [0, 0.05) is 43.7 Å². The van der Waals surface area contributed by atoms with Gasteiger partial charge in [-0.2, -0.15) is 4.98 Å². The van der Waals surface area contributed by atoms with Crippen LogP contribution in [-0.4, -0.2) is 51.7 Å². The first-order valence-electron chi connectivity index (χ1n) is 10.7. The summed E-state index contributed by atoms with van der Waals surface area (Å²) >= 11 is 0. The molecular formula is C23H28N6O2. The van der Waals surface area contributed by atoms with Gasteiger partial charge < -0.3 is 19.5 Å². The summed E-state index contributed by atoms with van der Waals surface area (Å²) < 4.78 is 7.77. The Morgan fingerprint density at radius 1 is 1.13 bits per heavy atom. The maximum absolute atomic E-state index is 12.4. The smallest absolute Gasteiger partial charge is 0.251 e. The molecule has 162 valence electrons. The first-order chi connectivity index (χ1) is 15.2. The van der Waals surface area contributed by atoms with Crippen LogP contribution in [0.2, 0.25) is 0 Å². The van der Waals surface area contributed by atoms with Crippen molar-refractivity contribution in [1.82, 2.24) is 24.8 Å². The zero-order chi connectivity index (χ0) is 21.5. The number of ether oxygens (including phenoxy) is 1. The first-order valence-corrected chi connectivity index (χ1v) is 10.7. The van der Waals surface area contributed by atoms with Crippen LogP contribution in [0.25, 0.3) is 0 Å². The van der Waals surface area contributed by atoms with Gasteiger partial charge in [0.1, 0.15) is 18.2 Å². The molecule has 0 saturated carbocycles. The van der Waals surface area contributed by atoms with Crippen LogP contribution < -0.4 is 15.0 Å². The minimum atomic E-state index is -0.120. The molecule has 1 aromatic carbocycles. The zero-order valence-electron chi connectivity index (χ0n) is 17.8. The van der Waals surface area contributed by atoms with Crippen molar-refractivity contribution in [2.45, 2.75) is 32.7 Å². The van der Waals surface area contributed by atoms with Crippen molar-refractivity contribution in [1.29, 1.82) is 0 Å². The lowest BCUT2D eigenvalue weighted by molar-refractivity contribution is 0.0946. The highest BCUT2D eigenvalue weighted by Crippen LogP contribution is 2.21. The predicted octanol–water partition coefficient (Wildman–Crippen LogP) is 2.83. The molecule has 8 nitrogen and oxygen atoms in total. The minimum absolute atomic E-state index is 0.120. The van der Waals surface area contributed by atoms with Gasteiger partial charge in [-0.05, 0) is 43.9 Å². The molecule has 31 heavy (non-hydrogen) atoms. The third kappa shape index (κ3) is 5.81. The number of piperidine rings is 1. The normalized spacial score (nSPS) is 13.8. The highest BCUT2D eigenvalue weighted by molar-refractivity contribution is 5.94. The van der Waals surface area contributed by atoms with Crippen molar-refractivity contribution < 1.29 is 9.53 Å². The minimum Gasteiger partial charge on any atom is -0.476 e. The van der Waals surface area contributed by atoms with E-state index >= 15 is 0 Å². The Morgan fingerprint density at radius 3 is 2.68 bits per heavy atom. The van der Waals surface area contributed by atoms with E-state index in [4.69, 9.17) is 4.74 Å². The molecule has 1 N–H and O–H groups in total. The number of hydrogen-bond acceptors (Lipinski definition) is 6. The van der Waals surface area contributed by atoms with Crippen LogP contribution in [-0.2, 0) is 6.54 Å². The molecule has 0 radical (unpaired) electrons. The van der Waals surface area contributed by atoms with Crippen LogP contribution in [0.1, 0.15) is 41.0 Å². The Balaban J connectivity index is 1.25. The molecule has 0 bridgehead atoms. The van der Waals surface area contributed by atoms with Crippen LogP contribution in [0.5, 0.6) is 5.88 Å². The number of aryl methyl sites for hydroxylation is 1. The third-order valence-electron chi connectivity index (χ3n) is 5.26. The molecule has 3 aromatic rings. The number of aromatic nitrogens is 4. The number of carbonyl (C=O) groups excluding carboxylic acids is 1. The molecule has 0 spiro atoms. The monoisotopic (exact) mass is 420 g/mol. The van der Waals surface area contributed by atoms with E-state index < -0.39 is 0 Å². The standard InChI is InChI=1S/C23H28N6O2/c1-18-26-21(29-11-3-2-4-12-29)15-22(27-18)31-14-10-25-23(30)20-7-5-19(6-8-20)16-28-13-9-24-17-28/h5-9,13,15,17H,2-4,10-12,14,16H2,1H3,(H,25,30). The number of amides is 1. The van der Waals surface area contributed by atoms with E-state index in [1.807, 2.05) is 48.0 Å². The van der Waals surface area contributed by atoms with E-state index in [-0.39, 0.29) is 5.91 Å². The first kappa shape index (κ1) is 20.8. The van der Waals surface area contributed by atoms with Crippen molar-refractivity contribution in [2.24, 2.45) is 0 Å². The Kier molecular flexibility index (Phi) is 6.76. The maximum Gasteiger partial charge on any atom is 0.251 e. The number of imidazole rings is 1. The average Bonchev–Trinajstić information content (AvgIpc) is 3.30. The number of nitrogens with one attached hydrogen (secondary N) is 1. The van der Waals surface area contributed by atoms with Crippen molar-refractivity contribution in [3.63, 3.8) is 0 Å². The van der Waals surface area contributed by atoms with E-state index in [0.717, 1.165) is 31.0 Å². The molecule has 0 aliphatic carbocycles. The van der Waals surface area contributed by atoms with Gasteiger partial charge in [-0.15, -0.1) is 0 Å². The van der Waals surface area contributed by atoms with Crippen LogP contribution in [0, 0.1) is 6.92 Å². The van der Waals surface area contributed by atoms with Crippen molar-refractivity contribution in [3.8, 4) is 5.88 Å².